The lowest BCUT2D eigenvalue weighted by molar-refractivity contribution is -0.123. The van der Waals surface area contributed by atoms with Crippen molar-refractivity contribution in [2.75, 3.05) is 40.0 Å². The number of rotatable bonds is 13. The van der Waals surface area contributed by atoms with Crippen molar-refractivity contribution in [2.24, 2.45) is 0 Å². The first kappa shape index (κ1) is 19.5. The molecule has 0 aromatic carbocycles. The number of Topliss-reactive ketones (excluding diaryl/α,β-unsaturated/α-hetero) is 1. The van der Waals surface area contributed by atoms with E-state index in [1.165, 1.54) is 6.92 Å². The zero-order valence-corrected chi connectivity index (χ0v) is 12.9. The summed E-state index contributed by atoms with van der Waals surface area (Å²) in [5.74, 6) is -0.120. The van der Waals surface area contributed by atoms with Crippen LogP contribution in [0.2, 0.25) is 0 Å². The number of ketones is 1. The molecule has 2 N–H and O–H groups in total. The average Bonchev–Trinajstić information content (AvgIpc) is 2.42. The number of carbonyl (C=O) groups is 3. The van der Waals surface area contributed by atoms with Crippen molar-refractivity contribution in [3.63, 3.8) is 0 Å². The quantitative estimate of drug-likeness (QED) is 0.468. The first-order valence-corrected chi connectivity index (χ1v) is 7.15. The van der Waals surface area contributed by atoms with Crippen LogP contribution in [0.3, 0.4) is 0 Å². The molecular formula is C14H26N2O5. The molecule has 0 bridgehead atoms. The van der Waals surface area contributed by atoms with Gasteiger partial charge in [0.2, 0.25) is 11.8 Å². The van der Waals surface area contributed by atoms with Crippen LogP contribution in [-0.2, 0) is 23.9 Å². The van der Waals surface area contributed by atoms with Crippen LogP contribution in [0.1, 0.15) is 32.6 Å². The predicted octanol–water partition coefficient (Wildman–Crippen LogP) is 0.0312. The third-order valence-electron chi connectivity index (χ3n) is 2.59. The molecule has 0 saturated carbocycles. The molecule has 122 valence electrons. The summed E-state index contributed by atoms with van der Waals surface area (Å²) >= 11 is 0. The fraction of sp³-hybridized carbons (Fsp3) is 0.786. The second-order valence-electron chi connectivity index (χ2n) is 4.61. The topological polar surface area (TPSA) is 93.7 Å². The number of hydrogen-bond donors (Lipinski definition) is 2. The van der Waals surface area contributed by atoms with Gasteiger partial charge in [0.15, 0.2) is 0 Å². The molecule has 0 fully saturated rings. The molecule has 0 spiro atoms. The predicted molar refractivity (Wildman–Crippen MR) is 77.9 cm³/mol. The second-order valence-corrected chi connectivity index (χ2v) is 4.61. The maximum Gasteiger partial charge on any atom is 0.222 e. The third-order valence-corrected chi connectivity index (χ3v) is 2.59. The molecule has 0 radical (unpaired) electrons. The van der Waals surface area contributed by atoms with E-state index in [1.807, 2.05) is 0 Å². The first-order valence-electron chi connectivity index (χ1n) is 7.15. The van der Waals surface area contributed by atoms with E-state index in [0.717, 1.165) is 0 Å². The van der Waals surface area contributed by atoms with Crippen LogP contribution < -0.4 is 10.6 Å². The van der Waals surface area contributed by atoms with Gasteiger partial charge in [-0.3, -0.25) is 14.4 Å². The third kappa shape index (κ3) is 14.7. The molecule has 0 aromatic heterocycles. The molecule has 7 heteroatoms. The van der Waals surface area contributed by atoms with Crippen molar-refractivity contribution in [3.8, 4) is 0 Å². The average molecular weight is 302 g/mol. The summed E-state index contributed by atoms with van der Waals surface area (Å²) in [6.45, 7) is 3.52. The van der Waals surface area contributed by atoms with Crippen molar-refractivity contribution >= 4 is 17.6 Å². The molecule has 0 rings (SSSR count). The highest BCUT2D eigenvalue weighted by atomic mass is 16.5. The van der Waals surface area contributed by atoms with E-state index >= 15 is 0 Å². The normalized spacial score (nSPS) is 10.2. The monoisotopic (exact) mass is 302 g/mol. The molecule has 0 aromatic rings. The van der Waals surface area contributed by atoms with Crippen LogP contribution in [-0.4, -0.2) is 57.6 Å². The molecular weight excluding hydrogens is 276 g/mol. The highest BCUT2D eigenvalue weighted by Crippen LogP contribution is 1.89. The molecule has 21 heavy (non-hydrogen) atoms. The van der Waals surface area contributed by atoms with Gasteiger partial charge in [0.25, 0.3) is 0 Å². The lowest BCUT2D eigenvalue weighted by atomic mass is 10.3. The van der Waals surface area contributed by atoms with E-state index in [2.05, 4.69) is 10.6 Å². The number of carbonyl (C=O) groups excluding carboxylic acids is 3. The zero-order valence-electron chi connectivity index (χ0n) is 12.9. The number of ether oxygens (including phenoxy) is 2. The van der Waals surface area contributed by atoms with Gasteiger partial charge < -0.3 is 20.1 Å². The molecule has 0 atom stereocenters. The number of hydrogen-bond acceptors (Lipinski definition) is 5. The fourth-order valence-corrected chi connectivity index (χ4v) is 1.46. The highest BCUT2D eigenvalue weighted by molar-refractivity contribution is 5.78. The summed E-state index contributed by atoms with van der Waals surface area (Å²) < 4.78 is 10.1. The standard InChI is InChI=1S/C14H26N2O5/c1-12(17)5-7-15-14(19)6-10-21-11-8-16-13(18)4-3-9-20-2/h3-11H2,1-2H3,(H,15,19)(H,16,18). The van der Waals surface area contributed by atoms with E-state index in [4.69, 9.17) is 9.47 Å². The van der Waals surface area contributed by atoms with Gasteiger partial charge in [-0.15, -0.1) is 0 Å². The van der Waals surface area contributed by atoms with Crippen LogP contribution in [0.25, 0.3) is 0 Å². The van der Waals surface area contributed by atoms with E-state index in [9.17, 15) is 14.4 Å². The Kier molecular flexibility index (Phi) is 12.6. The number of nitrogens with one attached hydrogen (secondary N) is 2. The van der Waals surface area contributed by atoms with Gasteiger partial charge in [0.05, 0.1) is 13.2 Å². The molecule has 0 heterocycles. The van der Waals surface area contributed by atoms with Crippen LogP contribution in [0, 0.1) is 0 Å². The van der Waals surface area contributed by atoms with Crippen LogP contribution >= 0.6 is 0 Å². The number of methoxy groups -OCH3 is 1. The summed E-state index contributed by atoms with van der Waals surface area (Å²) in [5.41, 5.74) is 0. The van der Waals surface area contributed by atoms with E-state index in [-0.39, 0.29) is 24.0 Å². The minimum atomic E-state index is -0.139. The summed E-state index contributed by atoms with van der Waals surface area (Å²) in [6.07, 6.45) is 1.73. The van der Waals surface area contributed by atoms with Gasteiger partial charge in [-0.25, -0.2) is 0 Å². The van der Waals surface area contributed by atoms with E-state index < -0.39 is 0 Å². The molecule has 0 unspecified atom stereocenters. The van der Waals surface area contributed by atoms with Crippen LogP contribution in [0.15, 0.2) is 0 Å². The van der Waals surface area contributed by atoms with E-state index in [1.54, 1.807) is 7.11 Å². The molecule has 0 saturated heterocycles. The second kappa shape index (κ2) is 13.5. The molecule has 0 aliphatic carbocycles. The largest absolute Gasteiger partial charge is 0.385 e. The molecule has 7 nitrogen and oxygen atoms in total. The summed E-state index contributed by atoms with van der Waals surface area (Å²) in [7, 11) is 1.60. The zero-order chi connectivity index (χ0) is 15.9. The van der Waals surface area contributed by atoms with Gasteiger partial charge in [-0.2, -0.15) is 0 Å². The van der Waals surface area contributed by atoms with Gasteiger partial charge in [0, 0.05) is 46.1 Å². The van der Waals surface area contributed by atoms with Crippen molar-refractivity contribution in [3.05, 3.63) is 0 Å². The summed E-state index contributed by atoms with van der Waals surface area (Å²) in [6, 6.07) is 0. The van der Waals surface area contributed by atoms with Crippen molar-refractivity contribution < 1.29 is 23.9 Å². The highest BCUT2D eigenvalue weighted by Gasteiger charge is 2.02. The van der Waals surface area contributed by atoms with Gasteiger partial charge in [-0.05, 0) is 13.3 Å². The minimum Gasteiger partial charge on any atom is -0.385 e. The fourth-order valence-electron chi connectivity index (χ4n) is 1.46. The van der Waals surface area contributed by atoms with Crippen molar-refractivity contribution in [2.45, 2.75) is 32.6 Å². The Hall–Kier alpha value is -1.47. The van der Waals surface area contributed by atoms with Gasteiger partial charge >= 0.3 is 0 Å². The maximum absolute atomic E-state index is 11.3. The Balaban J connectivity index is 3.33. The Labute approximate surface area is 125 Å². The Morgan fingerprint density at radius 2 is 1.52 bits per heavy atom. The molecule has 2 amide bonds. The lowest BCUT2D eigenvalue weighted by Crippen LogP contribution is -2.29. The smallest absolute Gasteiger partial charge is 0.222 e. The summed E-state index contributed by atoms with van der Waals surface area (Å²) in [4.78, 5) is 33.3. The van der Waals surface area contributed by atoms with Crippen LogP contribution in [0.4, 0.5) is 0 Å². The van der Waals surface area contributed by atoms with Crippen molar-refractivity contribution in [1.82, 2.24) is 10.6 Å². The van der Waals surface area contributed by atoms with E-state index in [0.29, 0.717) is 52.2 Å². The molecule has 0 aliphatic rings. The first-order chi connectivity index (χ1) is 10.1. The SMILES string of the molecule is COCCCC(=O)NCCOCCC(=O)NCCC(C)=O. The maximum atomic E-state index is 11.3. The van der Waals surface area contributed by atoms with Crippen LogP contribution in [0.5, 0.6) is 0 Å². The lowest BCUT2D eigenvalue weighted by Gasteiger charge is -2.07. The Bertz CT molecular complexity index is 320. The van der Waals surface area contributed by atoms with Crippen molar-refractivity contribution in [1.29, 1.82) is 0 Å². The van der Waals surface area contributed by atoms with Gasteiger partial charge in [-0.1, -0.05) is 0 Å². The minimum absolute atomic E-state index is 0.0300. The van der Waals surface area contributed by atoms with Gasteiger partial charge in [0.1, 0.15) is 5.78 Å². The Morgan fingerprint density at radius 1 is 0.857 bits per heavy atom. The molecule has 0 aliphatic heterocycles. The summed E-state index contributed by atoms with van der Waals surface area (Å²) in [5, 5.41) is 5.35. The number of amides is 2. The Morgan fingerprint density at radius 3 is 2.19 bits per heavy atom.